The Balaban J connectivity index is 4.43. The quantitative estimate of drug-likeness (QED) is 0.287. The number of rotatable bonds is 0. The molecule has 0 N–H and O–H groups in total. The fourth-order valence-corrected chi connectivity index (χ4v) is 0. The second kappa shape index (κ2) is 1.71. The third kappa shape index (κ3) is 51.3. The van der Waals surface area contributed by atoms with Gasteiger partial charge in [0.2, 0.25) is 0 Å². The average Bonchev–Trinajstić information content (AvgIpc) is 0.592. The molecule has 7 heavy (non-hydrogen) atoms. The van der Waals surface area contributed by atoms with Gasteiger partial charge in [0, 0.05) is 0 Å². The van der Waals surface area contributed by atoms with Crippen molar-refractivity contribution in [1.82, 2.24) is 0 Å². The molecule has 0 aliphatic heterocycles. The van der Waals surface area contributed by atoms with Crippen molar-refractivity contribution in [2.45, 2.75) is 0 Å². The van der Waals surface area contributed by atoms with E-state index in [2.05, 4.69) is 60.6 Å². The van der Waals surface area contributed by atoms with Crippen LogP contribution in [-0.4, -0.2) is 0 Å². The van der Waals surface area contributed by atoms with Crippen molar-refractivity contribution in [3.05, 3.63) is 0 Å². The van der Waals surface area contributed by atoms with E-state index in [0.29, 0.717) is 0 Å². The normalized spacial score (nSPS) is 23.1. The third-order valence-electron chi connectivity index (χ3n) is 0. The van der Waals surface area contributed by atoms with Crippen LogP contribution >= 0.6 is 60.6 Å². The minimum absolute atomic E-state index is 3.68. The predicted molar refractivity (Wildman–Crippen MR) is 53.9 cm³/mol. The van der Waals surface area contributed by atoms with Crippen LogP contribution in [0, 0.1) is 0 Å². The zero-order chi connectivity index (χ0) is 6.41. The van der Waals surface area contributed by atoms with E-state index in [1.54, 1.807) is 0 Å². The molecule has 0 spiro atoms. The van der Waals surface area contributed by atoms with Crippen molar-refractivity contribution in [3.63, 3.8) is 0 Å². The zero-order valence-electron chi connectivity index (χ0n) is 2.98. The van der Waals surface area contributed by atoms with E-state index in [1.807, 2.05) is 0 Å². The first-order valence-electron chi connectivity index (χ1n) is 0.809. The van der Waals surface area contributed by atoms with E-state index in [-0.39, 0.29) is 0 Å². The van der Waals surface area contributed by atoms with E-state index in [0.717, 1.165) is 0 Å². The summed E-state index contributed by atoms with van der Waals surface area (Å²) >= 11 is 0. The summed E-state index contributed by atoms with van der Waals surface area (Å²) < 4.78 is 0. The first-order valence-corrected chi connectivity index (χ1v) is 14.4. The topological polar surface area (TPSA) is 0 Å². The fourth-order valence-electron chi connectivity index (χ4n) is 0. The Morgan fingerprint density at radius 2 is 0.571 bits per heavy atom. The molecule has 0 rings (SSSR count). The van der Waals surface area contributed by atoms with E-state index in [9.17, 15) is 0 Å². The van der Waals surface area contributed by atoms with Gasteiger partial charge in [0.25, 0.3) is 0 Å². The standard InChI is InChI=1S/Ag.6H2S/h;6*1H2/q+6;;;;;;/p-6. The Kier molecular flexibility index (Phi) is 2.40. The second-order valence-corrected chi connectivity index (χ2v) is 48.2. The summed E-state index contributed by atoms with van der Waals surface area (Å²) in [6, 6.07) is 0. The van der Waals surface area contributed by atoms with Crippen LogP contribution in [-0.2, 0) is 6.54 Å². The summed E-state index contributed by atoms with van der Waals surface area (Å²) in [6.07, 6.45) is 0. The number of thiol groups is 6. The Morgan fingerprint density at radius 1 is 0.571 bits per heavy atom. The molecule has 0 heterocycles. The SMILES string of the molecule is [SH][Ag]([SH])([SH])([SH])([SH])[SH]. The van der Waals surface area contributed by atoms with Crippen molar-refractivity contribution < 1.29 is 6.54 Å². The van der Waals surface area contributed by atoms with Crippen LogP contribution in [0.1, 0.15) is 0 Å². The molecule has 0 fully saturated rings. The van der Waals surface area contributed by atoms with Gasteiger partial charge < -0.3 is 0 Å². The monoisotopic (exact) mass is 305 g/mol. The second-order valence-electron chi connectivity index (χ2n) is 0.905. The van der Waals surface area contributed by atoms with Gasteiger partial charge in [-0.25, -0.2) is 0 Å². The van der Waals surface area contributed by atoms with Crippen LogP contribution in [0.15, 0.2) is 0 Å². The van der Waals surface area contributed by atoms with Crippen LogP contribution in [0.3, 0.4) is 0 Å². The Labute approximate surface area is 65.9 Å². The number of hydrogen-bond donors (Lipinski definition) is 6. The van der Waals surface area contributed by atoms with Gasteiger partial charge in [-0.1, -0.05) is 0 Å². The molecule has 0 aromatic heterocycles. The van der Waals surface area contributed by atoms with Gasteiger partial charge in [0.1, 0.15) is 0 Å². The molecular formula is H6AgS6. The van der Waals surface area contributed by atoms with Gasteiger partial charge in [0.05, 0.1) is 0 Å². The van der Waals surface area contributed by atoms with Crippen molar-refractivity contribution in [2.24, 2.45) is 0 Å². The maximum atomic E-state index is 3.91. The zero-order valence-corrected chi connectivity index (χ0v) is 9.83. The van der Waals surface area contributed by atoms with E-state index in [1.165, 1.54) is 0 Å². The molecule has 0 radical (unpaired) electrons. The van der Waals surface area contributed by atoms with Crippen LogP contribution in [0.5, 0.6) is 0 Å². The summed E-state index contributed by atoms with van der Waals surface area (Å²) in [5.41, 5.74) is 0. The van der Waals surface area contributed by atoms with E-state index < -0.39 is 6.54 Å². The molecule has 0 nitrogen and oxygen atoms in total. The van der Waals surface area contributed by atoms with Crippen molar-refractivity contribution >= 4 is 60.6 Å². The van der Waals surface area contributed by atoms with E-state index in [4.69, 9.17) is 0 Å². The van der Waals surface area contributed by atoms with Gasteiger partial charge in [-0.15, -0.1) is 0 Å². The Morgan fingerprint density at radius 3 is 0.571 bits per heavy atom. The maximum absolute atomic E-state index is 3.91. The van der Waals surface area contributed by atoms with Gasteiger partial charge in [-0.2, -0.15) is 0 Å². The minimum atomic E-state index is -3.68. The van der Waals surface area contributed by atoms with Crippen LogP contribution < -0.4 is 0 Å². The summed E-state index contributed by atoms with van der Waals surface area (Å²) in [5.74, 6) is 0. The molecule has 0 aromatic rings. The summed E-state index contributed by atoms with van der Waals surface area (Å²) in [5, 5.41) is 0. The van der Waals surface area contributed by atoms with Crippen LogP contribution in [0.2, 0.25) is 0 Å². The molecule has 0 amide bonds. The molecular weight excluding hydrogens is 300 g/mol. The molecule has 0 aromatic carbocycles. The molecule has 53 valence electrons. The molecule has 0 bridgehead atoms. The van der Waals surface area contributed by atoms with Crippen LogP contribution in [0.25, 0.3) is 0 Å². The van der Waals surface area contributed by atoms with Crippen molar-refractivity contribution in [1.29, 1.82) is 0 Å². The first kappa shape index (κ1) is 9.84. The fraction of sp³-hybridized carbons (Fsp3) is 0. The predicted octanol–water partition coefficient (Wildman–Crippen LogP) is 2.28. The molecule has 7 heteroatoms. The van der Waals surface area contributed by atoms with E-state index >= 15 is 0 Å². The molecule has 0 atom stereocenters. The molecule has 0 aliphatic rings. The Hall–Kier alpha value is 2.84. The average molecular weight is 306 g/mol. The molecule has 0 saturated carbocycles. The molecule has 0 aliphatic carbocycles. The van der Waals surface area contributed by atoms with Crippen LogP contribution in [0.4, 0.5) is 0 Å². The van der Waals surface area contributed by atoms with Gasteiger partial charge in [-0.05, 0) is 0 Å². The van der Waals surface area contributed by atoms with Gasteiger partial charge >= 0.3 is 67.1 Å². The Bertz CT molecular complexity index is 62.7. The third-order valence-corrected chi connectivity index (χ3v) is 0. The summed E-state index contributed by atoms with van der Waals surface area (Å²) in [4.78, 5) is 0. The summed E-state index contributed by atoms with van der Waals surface area (Å²) in [6.45, 7) is -3.68. The summed E-state index contributed by atoms with van der Waals surface area (Å²) in [7, 11) is 23.5. The van der Waals surface area contributed by atoms with Gasteiger partial charge in [0.15, 0.2) is 0 Å². The van der Waals surface area contributed by atoms with Crippen molar-refractivity contribution in [2.75, 3.05) is 0 Å². The van der Waals surface area contributed by atoms with Crippen molar-refractivity contribution in [3.8, 4) is 0 Å². The molecule has 0 unspecified atom stereocenters. The van der Waals surface area contributed by atoms with Gasteiger partial charge in [-0.3, -0.25) is 0 Å². The molecule has 0 saturated heterocycles. The first-order chi connectivity index (χ1) is 2.45. The number of hydrogen-bond acceptors (Lipinski definition) is 6.